The van der Waals surface area contributed by atoms with Gasteiger partial charge in [-0.05, 0) is 13.0 Å². The number of aromatic nitrogens is 3. The van der Waals surface area contributed by atoms with Gasteiger partial charge in [0.2, 0.25) is 0 Å². The number of hydrogen-bond acceptors (Lipinski definition) is 5. The average molecular weight is 233 g/mol. The van der Waals surface area contributed by atoms with Crippen LogP contribution in [0.5, 0.6) is 0 Å². The molecule has 0 spiro atoms. The molecule has 2 rings (SSSR count). The first-order valence-electron chi connectivity index (χ1n) is 5.05. The Morgan fingerprint density at radius 3 is 2.88 bits per heavy atom. The number of nitro benzene ring substituents is 1. The molecule has 7 heteroatoms. The van der Waals surface area contributed by atoms with Crippen LogP contribution in [-0.4, -0.2) is 19.7 Å². The van der Waals surface area contributed by atoms with E-state index < -0.39 is 4.92 Å². The zero-order valence-electron chi connectivity index (χ0n) is 9.20. The lowest BCUT2D eigenvalue weighted by molar-refractivity contribution is -0.384. The summed E-state index contributed by atoms with van der Waals surface area (Å²) in [6, 6.07) is 4.31. The highest BCUT2D eigenvalue weighted by atomic mass is 16.6. The van der Waals surface area contributed by atoms with Crippen LogP contribution in [0.1, 0.15) is 6.92 Å². The zero-order valence-corrected chi connectivity index (χ0v) is 9.20. The van der Waals surface area contributed by atoms with Crippen molar-refractivity contribution in [1.29, 1.82) is 0 Å². The number of hydrogen-bond donors (Lipinski definition) is 1. The fourth-order valence-corrected chi connectivity index (χ4v) is 1.57. The number of rotatable bonds is 3. The molecule has 0 bridgehead atoms. The van der Waals surface area contributed by atoms with Crippen LogP contribution in [0.4, 0.5) is 11.4 Å². The number of anilines is 1. The summed E-state index contributed by atoms with van der Waals surface area (Å²) in [6.07, 6.45) is 1.43. The molecule has 17 heavy (non-hydrogen) atoms. The van der Waals surface area contributed by atoms with E-state index in [1.165, 1.54) is 18.5 Å². The van der Waals surface area contributed by atoms with E-state index in [4.69, 9.17) is 5.73 Å². The smallest absolute Gasteiger partial charge is 0.271 e. The number of benzene rings is 1. The maximum atomic E-state index is 10.6. The van der Waals surface area contributed by atoms with Crippen LogP contribution in [-0.2, 0) is 6.54 Å². The van der Waals surface area contributed by atoms with Gasteiger partial charge in [0.05, 0.1) is 4.92 Å². The van der Waals surface area contributed by atoms with Crippen molar-refractivity contribution in [2.24, 2.45) is 0 Å². The number of nitrogen functional groups attached to an aromatic ring is 1. The SMILES string of the molecule is CCn1ncnc1-c1ccc([N+](=O)[O-])cc1N. The van der Waals surface area contributed by atoms with E-state index >= 15 is 0 Å². The first kappa shape index (κ1) is 11.1. The molecule has 1 aromatic carbocycles. The maximum Gasteiger partial charge on any atom is 0.271 e. The van der Waals surface area contributed by atoms with Gasteiger partial charge in [-0.3, -0.25) is 10.1 Å². The highest BCUT2D eigenvalue weighted by molar-refractivity contribution is 5.73. The first-order chi connectivity index (χ1) is 8.13. The molecule has 0 unspecified atom stereocenters. The van der Waals surface area contributed by atoms with Gasteiger partial charge >= 0.3 is 0 Å². The molecule has 0 aliphatic carbocycles. The van der Waals surface area contributed by atoms with Crippen molar-refractivity contribution >= 4 is 11.4 Å². The third-order valence-electron chi connectivity index (χ3n) is 2.40. The van der Waals surface area contributed by atoms with Crippen molar-refractivity contribution in [3.8, 4) is 11.4 Å². The molecule has 2 aromatic rings. The van der Waals surface area contributed by atoms with E-state index in [2.05, 4.69) is 10.1 Å². The molecule has 88 valence electrons. The van der Waals surface area contributed by atoms with Gasteiger partial charge in [0.15, 0.2) is 5.82 Å². The maximum absolute atomic E-state index is 10.6. The molecule has 7 nitrogen and oxygen atoms in total. The van der Waals surface area contributed by atoms with Crippen LogP contribution in [0.25, 0.3) is 11.4 Å². The van der Waals surface area contributed by atoms with Gasteiger partial charge in [0.25, 0.3) is 5.69 Å². The molecule has 0 aliphatic heterocycles. The topological polar surface area (TPSA) is 99.9 Å². The predicted molar refractivity (Wildman–Crippen MR) is 62.2 cm³/mol. The van der Waals surface area contributed by atoms with Crippen LogP contribution in [0.3, 0.4) is 0 Å². The summed E-state index contributed by atoms with van der Waals surface area (Å²) in [5.74, 6) is 0.611. The number of nitrogens with zero attached hydrogens (tertiary/aromatic N) is 4. The fourth-order valence-electron chi connectivity index (χ4n) is 1.57. The summed E-state index contributed by atoms with van der Waals surface area (Å²) < 4.78 is 1.68. The normalized spacial score (nSPS) is 10.4. The largest absolute Gasteiger partial charge is 0.398 e. The van der Waals surface area contributed by atoms with Crippen LogP contribution in [0, 0.1) is 10.1 Å². The molecule has 0 amide bonds. The molecule has 1 heterocycles. The van der Waals surface area contributed by atoms with Gasteiger partial charge in [-0.1, -0.05) is 0 Å². The minimum absolute atomic E-state index is 0.0335. The van der Waals surface area contributed by atoms with Gasteiger partial charge in [0.1, 0.15) is 6.33 Å². The summed E-state index contributed by atoms with van der Waals surface area (Å²) in [6.45, 7) is 2.59. The Kier molecular flexibility index (Phi) is 2.73. The Bertz CT molecular complexity index is 564. The Labute approximate surface area is 97.0 Å². The molecular formula is C10H11N5O2. The predicted octanol–water partition coefficient (Wildman–Crippen LogP) is 1.46. The highest BCUT2D eigenvalue weighted by Gasteiger charge is 2.13. The van der Waals surface area contributed by atoms with Gasteiger partial charge in [-0.2, -0.15) is 5.10 Å². The lowest BCUT2D eigenvalue weighted by Gasteiger charge is -2.05. The molecule has 0 saturated carbocycles. The van der Waals surface area contributed by atoms with E-state index in [0.29, 0.717) is 23.6 Å². The van der Waals surface area contributed by atoms with Crippen LogP contribution in [0.15, 0.2) is 24.5 Å². The quantitative estimate of drug-likeness (QED) is 0.491. The highest BCUT2D eigenvalue weighted by Crippen LogP contribution is 2.27. The van der Waals surface area contributed by atoms with Gasteiger partial charge < -0.3 is 5.73 Å². The third kappa shape index (κ3) is 1.94. The molecular weight excluding hydrogens is 222 g/mol. The second kappa shape index (κ2) is 4.20. The standard InChI is InChI=1S/C10H11N5O2/c1-2-14-10(12-6-13-14)8-4-3-7(15(16)17)5-9(8)11/h3-6H,2,11H2,1H3. The van der Waals surface area contributed by atoms with Gasteiger partial charge in [-0.15, -0.1) is 0 Å². The van der Waals surface area contributed by atoms with E-state index in [1.54, 1.807) is 10.7 Å². The van der Waals surface area contributed by atoms with Crippen molar-refractivity contribution in [2.45, 2.75) is 13.5 Å². The number of nitro groups is 1. The summed E-state index contributed by atoms with van der Waals surface area (Å²) >= 11 is 0. The number of aryl methyl sites for hydroxylation is 1. The van der Waals surface area contributed by atoms with E-state index in [0.717, 1.165) is 0 Å². The molecule has 2 N–H and O–H groups in total. The Morgan fingerprint density at radius 1 is 1.53 bits per heavy atom. The average Bonchev–Trinajstić information content (AvgIpc) is 2.76. The molecule has 0 fully saturated rings. The molecule has 0 aliphatic rings. The van der Waals surface area contributed by atoms with E-state index in [1.807, 2.05) is 6.92 Å². The van der Waals surface area contributed by atoms with Crippen molar-refractivity contribution in [1.82, 2.24) is 14.8 Å². The molecule has 0 saturated heterocycles. The molecule has 0 atom stereocenters. The lowest BCUT2D eigenvalue weighted by atomic mass is 10.1. The fraction of sp³-hybridized carbons (Fsp3) is 0.200. The zero-order chi connectivity index (χ0) is 12.4. The van der Waals surface area contributed by atoms with E-state index in [-0.39, 0.29) is 5.69 Å². The van der Waals surface area contributed by atoms with E-state index in [9.17, 15) is 10.1 Å². The second-order valence-electron chi connectivity index (χ2n) is 3.43. The summed E-state index contributed by atoms with van der Waals surface area (Å²) in [7, 11) is 0. The minimum Gasteiger partial charge on any atom is -0.398 e. The Balaban J connectivity index is 2.50. The lowest BCUT2D eigenvalue weighted by Crippen LogP contribution is -2.02. The van der Waals surface area contributed by atoms with Crippen molar-refractivity contribution in [3.05, 3.63) is 34.6 Å². The molecule has 1 aromatic heterocycles. The Morgan fingerprint density at radius 2 is 2.29 bits per heavy atom. The van der Waals surface area contributed by atoms with Crippen molar-refractivity contribution in [3.63, 3.8) is 0 Å². The third-order valence-corrected chi connectivity index (χ3v) is 2.40. The van der Waals surface area contributed by atoms with Crippen LogP contribution < -0.4 is 5.73 Å². The number of nitrogens with two attached hydrogens (primary N) is 1. The molecule has 0 radical (unpaired) electrons. The van der Waals surface area contributed by atoms with Gasteiger partial charge in [0, 0.05) is 29.9 Å². The van der Waals surface area contributed by atoms with Crippen LogP contribution in [0.2, 0.25) is 0 Å². The second-order valence-corrected chi connectivity index (χ2v) is 3.43. The summed E-state index contributed by atoms with van der Waals surface area (Å²) in [4.78, 5) is 14.2. The van der Waals surface area contributed by atoms with Crippen molar-refractivity contribution < 1.29 is 4.92 Å². The summed E-state index contributed by atoms with van der Waals surface area (Å²) in [5.41, 5.74) is 6.72. The minimum atomic E-state index is -0.481. The van der Waals surface area contributed by atoms with Crippen LogP contribution >= 0.6 is 0 Å². The first-order valence-corrected chi connectivity index (χ1v) is 5.05. The van der Waals surface area contributed by atoms with Crippen molar-refractivity contribution in [2.75, 3.05) is 5.73 Å². The summed E-state index contributed by atoms with van der Waals surface area (Å²) in [5, 5.41) is 14.6. The van der Waals surface area contributed by atoms with Gasteiger partial charge in [-0.25, -0.2) is 9.67 Å². The Hall–Kier alpha value is -2.44. The number of non-ortho nitro benzene ring substituents is 1. The monoisotopic (exact) mass is 233 g/mol.